The molecule has 2 aromatic carbocycles. The van der Waals surface area contributed by atoms with Crippen LogP contribution in [0.5, 0.6) is 0 Å². The molecule has 5 heteroatoms. The Morgan fingerprint density at radius 2 is 1.67 bits per heavy atom. The van der Waals surface area contributed by atoms with Crippen LogP contribution in [0.2, 0.25) is 0 Å². The summed E-state index contributed by atoms with van der Waals surface area (Å²) in [5, 5.41) is 11.8. The topological polar surface area (TPSA) is 35.8 Å². The van der Waals surface area contributed by atoms with Crippen LogP contribution in [0.4, 0.5) is 20.2 Å². The van der Waals surface area contributed by atoms with Gasteiger partial charge in [0.1, 0.15) is 17.7 Å². The molecule has 0 aliphatic carbocycles. The van der Waals surface area contributed by atoms with Gasteiger partial charge in [-0.15, -0.1) is 0 Å². The fourth-order valence-electron chi connectivity index (χ4n) is 1.46. The van der Waals surface area contributed by atoms with Crippen molar-refractivity contribution in [3.05, 3.63) is 58.1 Å². The SMILES string of the molecule is N#Cc1cc(F)ccc1Nc1cc(F)ccc1Br. The van der Waals surface area contributed by atoms with E-state index in [4.69, 9.17) is 5.26 Å². The van der Waals surface area contributed by atoms with Gasteiger partial charge in [0.25, 0.3) is 0 Å². The lowest BCUT2D eigenvalue weighted by Crippen LogP contribution is -1.96. The van der Waals surface area contributed by atoms with E-state index in [1.165, 1.54) is 24.3 Å². The molecule has 0 aliphatic rings. The normalized spacial score (nSPS) is 9.89. The minimum absolute atomic E-state index is 0.158. The molecule has 0 bridgehead atoms. The number of hydrogen-bond acceptors (Lipinski definition) is 2. The number of nitrogens with one attached hydrogen (secondary N) is 1. The molecule has 0 radical (unpaired) electrons. The number of nitrogens with zero attached hydrogens (tertiary/aromatic N) is 1. The summed E-state index contributed by atoms with van der Waals surface area (Å²) < 4.78 is 26.7. The van der Waals surface area contributed by atoms with Crippen LogP contribution in [0.1, 0.15) is 5.56 Å². The van der Waals surface area contributed by atoms with E-state index in [0.29, 0.717) is 15.8 Å². The molecule has 0 saturated carbocycles. The van der Waals surface area contributed by atoms with Crippen LogP contribution < -0.4 is 5.32 Å². The zero-order chi connectivity index (χ0) is 13.1. The maximum Gasteiger partial charge on any atom is 0.125 e. The first kappa shape index (κ1) is 12.5. The van der Waals surface area contributed by atoms with Gasteiger partial charge >= 0.3 is 0 Å². The number of benzene rings is 2. The van der Waals surface area contributed by atoms with Gasteiger partial charge in [0.05, 0.1) is 16.9 Å². The summed E-state index contributed by atoms with van der Waals surface area (Å²) in [4.78, 5) is 0. The Hall–Kier alpha value is -1.93. The Labute approximate surface area is 111 Å². The Morgan fingerprint density at radius 3 is 2.39 bits per heavy atom. The highest BCUT2D eigenvalue weighted by atomic mass is 79.9. The highest BCUT2D eigenvalue weighted by molar-refractivity contribution is 9.10. The number of nitriles is 1. The van der Waals surface area contributed by atoms with E-state index in [0.717, 1.165) is 6.07 Å². The summed E-state index contributed by atoms with van der Waals surface area (Å²) in [6.07, 6.45) is 0. The number of anilines is 2. The molecule has 0 atom stereocenters. The highest BCUT2D eigenvalue weighted by Gasteiger charge is 2.07. The van der Waals surface area contributed by atoms with E-state index in [-0.39, 0.29) is 5.56 Å². The van der Waals surface area contributed by atoms with Gasteiger partial charge in [-0.05, 0) is 52.3 Å². The Morgan fingerprint density at radius 1 is 1.00 bits per heavy atom. The number of halogens is 3. The molecule has 0 saturated heterocycles. The molecular weight excluding hydrogens is 302 g/mol. The third-order valence-corrected chi connectivity index (χ3v) is 2.99. The maximum atomic E-state index is 13.1. The fourth-order valence-corrected chi connectivity index (χ4v) is 1.80. The summed E-state index contributed by atoms with van der Waals surface area (Å²) in [5.41, 5.74) is 1.05. The third kappa shape index (κ3) is 2.66. The molecule has 0 aromatic heterocycles. The van der Waals surface area contributed by atoms with Crippen molar-refractivity contribution in [2.45, 2.75) is 0 Å². The Bertz CT molecular complexity index is 635. The van der Waals surface area contributed by atoms with Crippen molar-refractivity contribution in [3.63, 3.8) is 0 Å². The summed E-state index contributed by atoms with van der Waals surface area (Å²) in [6, 6.07) is 9.81. The van der Waals surface area contributed by atoms with Crippen LogP contribution in [0.25, 0.3) is 0 Å². The Balaban J connectivity index is 2.40. The minimum Gasteiger partial charge on any atom is -0.353 e. The summed E-state index contributed by atoms with van der Waals surface area (Å²) in [6.45, 7) is 0. The Kier molecular flexibility index (Phi) is 3.58. The van der Waals surface area contributed by atoms with Crippen molar-refractivity contribution >= 4 is 27.3 Å². The maximum absolute atomic E-state index is 13.1. The van der Waals surface area contributed by atoms with Crippen molar-refractivity contribution in [3.8, 4) is 6.07 Å². The molecule has 2 nitrogen and oxygen atoms in total. The summed E-state index contributed by atoms with van der Waals surface area (Å²) in [7, 11) is 0. The first-order valence-electron chi connectivity index (χ1n) is 5.02. The average Bonchev–Trinajstić information content (AvgIpc) is 2.36. The largest absolute Gasteiger partial charge is 0.353 e. The van der Waals surface area contributed by atoms with Crippen LogP contribution in [0.3, 0.4) is 0 Å². The molecule has 2 aromatic rings. The lowest BCUT2D eigenvalue weighted by Gasteiger charge is -2.10. The fraction of sp³-hybridized carbons (Fsp3) is 0. The molecule has 2 rings (SSSR count). The third-order valence-electron chi connectivity index (χ3n) is 2.30. The van der Waals surface area contributed by atoms with E-state index in [1.807, 2.05) is 6.07 Å². The van der Waals surface area contributed by atoms with Gasteiger partial charge in [-0.25, -0.2) is 8.78 Å². The predicted molar refractivity (Wildman–Crippen MR) is 68.5 cm³/mol. The lowest BCUT2D eigenvalue weighted by atomic mass is 10.2. The molecule has 0 fully saturated rings. The molecule has 90 valence electrons. The van der Waals surface area contributed by atoms with Crippen LogP contribution in [0, 0.1) is 23.0 Å². The van der Waals surface area contributed by atoms with Gasteiger partial charge in [0, 0.05) is 4.47 Å². The van der Waals surface area contributed by atoms with Gasteiger partial charge in [-0.1, -0.05) is 0 Å². The molecular formula is C13H7BrF2N2. The molecule has 0 spiro atoms. The second-order valence-electron chi connectivity index (χ2n) is 3.55. The minimum atomic E-state index is -0.490. The molecule has 0 amide bonds. The molecule has 18 heavy (non-hydrogen) atoms. The zero-order valence-electron chi connectivity index (χ0n) is 9.05. The zero-order valence-corrected chi connectivity index (χ0v) is 10.6. The molecule has 0 aliphatic heterocycles. The van der Waals surface area contributed by atoms with Crippen molar-refractivity contribution in [1.29, 1.82) is 5.26 Å². The summed E-state index contributed by atoms with van der Waals surface area (Å²) >= 11 is 3.26. The smallest absolute Gasteiger partial charge is 0.125 e. The second-order valence-corrected chi connectivity index (χ2v) is 4.41. The molecule has 0 heterocycles. The summed E-state index contributed by atoms with van der Waals surface area (Å²) in [5.74, 6) is -0.892. The predicted octanol–water partition coefficient (Wildman–Crippen LogP) is 4.34. The highest BCUT2D eigenvalue weighted by Crippen LogP contribution is 2.28. The van der Waals surface area contributed by atoms with Gasteiger partial charge < -0.3 is 5.32 Å². The quantitative estimate of drug-likeness (QED) is 0.895. The van der Waals surface area contributed by atoms with E-state index < -0.39 is 11.6 Å². The van der Waals surface area contributed by atoms with Crippen molar-refractivity contribution < 1.29 is 8.78 Å². The molecule has 0 unspecified atom stereocenters. The van der Waals surface area contributed by atoms with E-state index >= 15 is 0 Å². The average molecular weight is 309 g/mol. The van der Waals surface area contributed by atoms with Crippen LogP contribution in [-0.4, -0.2) is 0 Å². The van der Waals surface area contributed by atoms with Gasteiger partial charge in [0.2, 0.25) is 0 Å². The number of hydrogen-bond donors (Lipinski definition) is 1. The van der Waals surface area contributed by atoms with Gasteiger partial charge in [-0.3, -0.25) is 0 Å². The second kappa shape index (κ2) is 5.15. The molecule has 1 N–H and O–H groups in total. The first-order chi connectivity index (χ1) is 8.60. The standard InChI is InChI=1S/C13H7BrF2N2/c14-11-3-1-10(16)6-13(11)18-12-4-2-9(15)5-8(12)7-17/h1-6,18H. The van der Waals surface area contributed by atoms with Crippen LogP contribution >= 0.6 is 15.9 Å². The van der Waals surface area contributed by atoms with E-state index in [9.17, 15) is 8.78 Å². The van der Waals surface area contributed by atoms with Gasteiger partial charge in [-0.2, -0.15) is 5.26 Å². The van der Waals surface area contributed by atoms with Crippen molar-refractivity contribution in [2.75, 3.05) is 5.32 Å². The van der Waals surface area contributed by atoms with Crippen LogP contribution in [-0.2, 0) is 0 Å². The lowest BCUT2D eigenvalue weighted by molar-refractivity contribution is 0.627. The van der Waals surface area contributed by atoms with Crippen molar-refractivity contribution in [1.82, 2.24) is 0 Å². The monoisotopic (exact) mass is 308 g/mol. The first-order valence-corrected chi connectivity index (χ1v) is 5.81. The van der Waals surface area contributed by atoms with Gasteiger partial charge in [0.15, 0.2) is 0 Å². The van der Waals surface area contributed by atoms with Crippen molar-refractivity contribution in [2.24, 2.45) is 0 Å². The van der Waals surface area contributed by atoms with E-state index in [1.54, 1.807) is 6.07 Å². The van der Waals surface area contributed by atoms with Crippen LogP contribution in [0.15, 0.2) is 40.9 Å². The van der Waals surface area contributed by atoms with E-state index in [2.05, 4.69) is 21.2 Å². The number of rotatable bonds is 2.